The molecule has 1 heterocycles. The Bertz CT molecular complexity index is 1020. The van der Waals surface area contributed by atoms with E-state index < -0.39 is 15.9 Å². The minimum Gasteiger partial charge on any atom is -0.479 e. The smallest absolute Gasteiger partial charge is 0.263 e. The second-order valence-electron chi connectivity index (χ2n) is 8.05. The third kappa shape index (κ3) is 5.95. The van der Waals surface area contributed by atoms with Crippen molar-refractivity contribution >= 4 is 33.0 Å². The first kappa shape index (κ1) is 24.4. The van der Waals surface area contributed by atoms with Gasteiger partial charge < -0.3 is 14.5 Å². The summed E-state index contributed by atoms with van der Waals surface area (Å²) >= 11 is 6.18. The van der Waals surface area contributed by atoms with Crippen molar-refractivity contribution < 1.29 is 17.9 Å². The minimum absolute atomic E-state index is 0.0188. The molecular weight excluding hydrogens is 448 g/mol. The van der Waals surface area contributed by atoms with Gasteiger partial charge in [-0.05, 0) is 57.0 Å². The van der Waals surface area contributed by atoms with Gasteiger partial charge in [-0.25, -0.2) is 8.42 Å². The number of ether oxygens (including phenoxy) is 1. The van der Waals surface area contributed by atoms with Gasteiger partial charge in [0.1, 0.15) is 5.75 Å². The molecule has 0 saturated carbocycles. The molecule has 0 spiro atoms. The Kier molecular flexibility index (Phi) is 8.06. The Morgan fingerprint density at radius 2 is 1.78 bits per heavy atom. The molecule has 2 unspecified atom stereocenters. The Morgan fingerprint density at radius 3 is 2.34 bits per heavy atom. The minimum atomic E-state index is -3.14. The van der Waals surface area contributed by atoms with Gasteiger partial charge in [0, 0.05) is 31.4 Å². The molecule has 8 heteroatoms. The van der Waals surface area contributed by atoms with E-state index in [1.165, 1.54) is 0 Å². The zero-order chi connectivity index (χ0) is 23.3. The van der Waals surface area contributed by atoms with Crippen LogP contribution in [0.25, 0.3) is 0 Å². The summed E-state index contributed by atoms with van der Waals surface area (Å²) in [6.45, 7) is 8.05. The number of nitrogens with zero attached hydrogens (tertiary/aromatic N) is 2. The fourth-order valence-electron chi connectivity index (χ4n) is 4.02. The normalized spacial score (nSPS) is 18.2. The number of anilines is 1. The molecule has 32 heavy (non-hydrogen) atoms. The molecule has 0 bridgehead atoms. The van der Waals surface area contributed by atoms with Crippen LogP contribution in [0, 0.1) is 0 Å². The summed E-state index contributed by atoms with van der Waals surface area (Å²) in [6.07, 6.45) is -0.363. The summed E-state index contributed by atoms with van der Waals surface area (Å²) in [5.74, 6) is 0.259. The second-order valence-corrected chi connectivity index (χ2v) is 10.7. The van der Waals surface area contributed by atoms with Gasteiger partial charge in [0.2, 0.25) is 0 Å². The molecule has 0 aliphatic carbocycles. The van der Waals surface area contributed by atoms with Gasteiger partial charge in [-0.1, -0.05) is 35.9 Å². The second kappa shape index (κ2) is 10.6. The van der Waals surface area contributed by atoms with E-state index in [4.69, 9.17) is 16.3 Å². The average molecular weight is 479 g/mol. The molecule has 1 saturated heterocycles. The van der Waals surface area contributed by atoms with Crippen LogP contribution in [0.4, 0.5) is 5.69 Å². The van der Waals surface area contributed by atoms with Crippen LogP contribution in [0.3, 0.4) is 0 Å². The number of hydrogen-bond donors (Lipinski definition) is 0. The fraction of sp³-hybridized carbons (Fsp3) is 0.458. The molecule has 0 N–H and O–H groups in total. The highest BCUT2D eigenvalue weighted by Gasteiger charge is 2.36. The molecule has 1 fully saturated rings. The molecule has 2 atom stereocenters. The van der Waals surface area contributed by atoms with Gasteiger partial charge >= 0.3 is 0 Å². The lowest BCUT2D eigenvalue weighted by Gasteiger charge is -2.31. The summed E-state index contributed by atoms with van der Waals surface area (Å²) in [4.78, 5) is 17.3. The Balaban J connectivity index is 1.80. The summed E-state index contributed by atoms with van der Waals surface area (Å²) in [5, 5.41) is 0.425. The Morgan fingerprint density at radius 1 is 1.12 bits per heavy atom. The van der Waals surface area contributed by atoms with Crippen molar-refractivity contribution in [3.8, 4) is 5.75 Å². The SMILES string of the molecule is CCN(CC)c1ccc(CN(C(=O)C(C)Oc2ccccc2Cl)C2CCS(=O)(=O)C2)cc1. The monoisotopic (exact) mass is 478 g/mol. The van der Waals surface area contributed by atoms with E-state index in [9.17, 15) is 13.2 Å². The van der Waals surface area contributed by atoms with Crippen molar-refractivity contribution in [3.05, 3.63) is 59.1 Å². The summed E-state index contributed by atoms with van der Waals surface area (Å²) in [7, 11) is -3.14. The predicted octanol–water partition coefficient (Wildman–Crippen LogP) is 4.17. The first-order valence-corrected chi connectivity index (χ1v) is 13.2. The highest BCUT2D eigenvalue weighted by Crippen LogP contribution is 2.27. The lowest BCUT2D eigenvalue weighted by atomic mass is 10.1. The number of amides is 1. The third-order valence-corrected chi connectivity index (χ3v) is 7.90. The molecule has 0 radical (unpaired) electrons. The van der Waals surface area contributed by atoms with Crippen LogP contribution in [0.1, 0.15) is 32.8 Å². The van der Waals surface area contributed by atoms with Crippen molar-refractivity contribution in [2.75, 3.05) is 29.5 Å². The van der Waals surface area contributed by atoms with Crippen LogP contribution in [0.2, 0.25) is 5.02 Å². The summed E-state index contributed by atoms with van der Waals surface area (Å²) in [6, 6.07) is 14.7. The Labute approximate surface area is 196 Å². The highest BCUT2D eigenvalue weighted by atomic mass is 35.5. The van der Waals surface area contributed by atoms with E-state index in [0.29, 0.717) is 23.7 Å². The van der Waals surface area contributed by atoms with Crippen LogP contribution >= 0.6 is 11.6 Å². The number of benzene rings is 2. The molecule has 1 amide bonds. The van der Waals surface area contributed by atoms with Crippen molar-refractivity contribution in [1.29, 1.82) is 0 Å². The number of carbonyl (C=O) groups is 1. The maximum absolute atomic E-state index is 13.4. The molecule has 1 aliphatic heterocycles. The van der Waals surface area contributed by atoms with E-state index in [0.717, 1.165) is 24.3 Å². The van der Waals surface area contributed by atoms with Crippen LogP contribution in [-0.4, -0.2) is 56.0 Å². The average Bonchev–Trinajstić information content (AvgIpc) is 3.14. The van der Waals surface area contributed by atoms with Crippen LogP contribution in [-0.2, 0) is 21.2 Å². The number of sulfone groups is 1. The van der Waals surface area contributed by atoms with Crippen molar-refractivity contribution in [2.45, 2.75) is 45.9 Å². The number of rotatable bonds is 9. The lowest BCUT2D eigenvalue weighted by molar-refractivity contribution is -0.140. The molecule has 2 aromatic rings. The maximum Gasteiger partial charge on any atom is 0.263 e. The number of carbonyl (C=O) groups excluding carboxylic acids is 1. The van der Waals surface area contributed by atoms with Gasteiger partial charge in [-0.3, -0.25) is 4.79 Å². The zero-order valence-electron chi connectivity index (χ0n) is 18.8. The van der Waals surface area contributed by atoms with E-state index >= 15 is 0 Å². The Hall–Kier alpha value is -2.25. The first-order chi connectivity index (χ1) is 15.2. The van der Waals surface area contributed by atoms with E-state index in [1.54, 1.807) is 36.1 Å². The van der Waals surface area contributed by atoms with E-state index in [-0.39, 0.29) is 23.5 Å². The van der Waals surface area contributed by atoms with Crippen LogP contribution in [0.15, 0.2) is 48.5 Å². The van der Waals surface area contributed by atoms with Gasteiger partial charge in [0.25, 0.3) is 5.91 Å². The molecule has 0 aromatic heterocycles. The van der Waals surface area contributed by atoms with Crippen LogP contribution < -0.4 is 9.64 Å². The fourth-order valence-corrected chi connectivity index (χ4v) is 5.93. The molecule has 3 rings (SSSR count). The van der Waals surface area contributed by atoms with Crippen LogP contribution in [0.5, 0.6) is 5.75 Å². The zero-order valence-corrected chi connectivity index (χ0v) is 20.4. The van der Waals surface area contributed by atoms with E-state index in [1.807, 2.05) is 24.3 Å². The highest BCUT2D eigenvalue weighted by molar-refractivity contribution is 7.91. The number of halogens is 1. The molecule has 174 valence electrons. The molecule has 2 aromatic carbocycles. The largest absolute Gasteiger partial charge is 0.479 e. The topological polar surface area (TPSA) is 66.9 Å². The number of para-hydroxylation sites is 1. The lowest BCUT2D eigenvalue weighted by Crippen LogP contribution is -2.46. The number of hydrogen-bond acceptors (Lipinski definition) is 5. The van der Waals surface area contributed by atoms with Crippen molar-refractivity contribution in [3.63, 3.8) is 0 Å². The van der Waals surface area contributed by atoms with Gasteiger partial charge in [-0.2, -0.15) is 0 Å². The summed E-state index contributed by atoms with van der Waals surface area (Å²) < 4.78 is 30.1. The first-order valence-electron chi connectivity index (χ1n) is 11.0. The quantitative estimate of drug-likeness (QED) is 0.541. The molecule has 1 aliphatic rings. The molecule has 6 nitrogen and oxygen atoms in total. The maximum atomic E-state index is 13.4. The molecular formula is C24H31ClN2O4S. The van der Waals surface area contributed by atoms with E-state index in [2.05, 4.69) is 18.7 Å². The standard InChI is InChI=1S/C24H31ClN2O4S/c1-4-26(5-2)20-12-10-19(11-13-20)16-27(21-14-15-32(29,30)17-21)24(28)18(3)31-23-9-7-6-8-22(23)25/h6-13,18,21H,4-5,14-17H2,1-3H3. The van der Waals surface area contributed by atoms with Crippen molar-refractivity contribution in [2.24, 2.45) is 0 Å². The van der Waals surface area contributed by atoms with Gasteiger partial charge in [0.15, 0.2) is 15.9 Å². The third-order valence-electron chi connectivity index (χ3n) is 5.84. The van der Waals surface area contributed by atoms with Gasteiger partial charge in [-0.15, -0.1) is 0 Å². The van der Waals surface area contributed by atoms with Crippen molar-refractivity contribution in [1.82, 2.24) is 4.90 Å². The van der Waals surface area contributed by atoms with Gasteiger partial charge in [0.05, 0.1) is 16.5 Å². The predicted molar refractivity (Wildman–Crippen MR) is 129 cm³/mol. The summed E-state index contributed by atoms with van der Waals surface area (Å²) in [5.41, 5.74) is 2.07.